The topological polar surface area (TPSA) is 91.2 Å². The minimum atomic E-state index is 0.551. The molecule has 0 unspecified atom stereocenters. The SMILES string of the molecule is c1cc(-c2cccc(-c3cccc4oc5cc6oc7ccccc7c6cc5c34)c2)cc(-c2nc(-c3cccc4oc5ccccc5c34)nc(-c3cccc4oc5ccccc5c34)n2)c1. The maximum Gasteiger partial charge on any atom is 0.164 e. The highest BCUT2D eigenvalue weighted by Crippen LogP contribution is 2.43. The van der Waals surface area contributed by atoms with Gasteiger partial charge in [0.1, 0.15) is 44.7 Å². The standard InChI is InChI=1S/C57H31N3O4/c1-4-22-44-37(16-1)42-30-43-51(31-50(42)63-44)64-47-25-9-19-36(52(43)47)34-14-7-12-32(28-34)33-13-8-15-35(29-33)55-58-56(40-20-10-26-48-53(40)38-17-2-5-23-45(38)61-48)60-57(59-55)41-21-11-27-49-54(41)39-18-3-6-24-46(39)62-49/h1-31H. The number of furan rings is 4. The Morgan fingerprint density at radius 1 is 0.234 bits per heavy atom. The number of nitrogens with zero attached hydrogens (tertiary/aromatic N) is 3. The summed E-state index contributed by atoms with van der Waals surface area (Å²) in [5.74, 6) is 1.66. The molecule has 0 amide bonds. The Balaban J connectivity index is 0.935. The number of para-hydroxylation sites is 3. The molecule has 14 aromatic rings. The first kappa shape index (κ1) is 34.9. The summed E-state index contributed by atoms with van der Waals surface area (Å²) < 4.78 is 25.3. The van der Waals surface area contributed by atoms with Crippen LogP contribution in [0.2, 0.25) is 0 Å². The molecule has 14 rings (SSSR count). The molecule has 5 aromatic heterocycles. The van der Waals surface area contributed by atoms with Gasteiger partial charge < -0.3 is 17.7 Å². The zero-order valence-electron chi connectivity index (χ0n) is 33.9. The summed E-state index contributed by atoms with van der Waals surface area (Å²) in [6.45, 7) is 0. The first-order chi connectivity index (χ1) is 31.7. The predicted octanol–water partition coefficient (Wildman–Crippen LogP) is 15.8. The minimum Gasteiger partial charge on any atom is -0.456 e. The van der Waals surface area contributed by atoms with Gasteiger partial charge in [-0.2, -0.15) is 0 Å². The summed E-state index contributed by atoms with van der Waals surface area (Å²) in [6, 6.07) is 64.1. The van der Waals surface area contributed by atoms with Crippen LogP contribution >= 0.6 is 0 Å². The van der Waals surface area contributed by atoms with E-state index in [9.17, 15) is 0 Å². The summed E-state index contributed by atoms with van der Waals surface area (Å²) in [4.78, 5) is 15.8. The molecule has 0 fully saturated rings. The molecular formula is C57H31N3O4. The molecule has 9 aromatic carbocycles. The fraction of sp³-hybridized carbons (Fsp3) is 0. The third-order valence-corrected chi connectivity index (χ3v) is 12.5. The van der Waals surface area contributed by atoms with Crippen LogP contribution in [-0.2, 0) is 0 Å². The lowest BCUT2D eigenvalue weighted by Gasteiger charge is -2.11. The summed E-state index contributed by atoms with van der Waals surface area (Å²) in [5, 5.41) is 8.21. The molecular weight excluding hydrogens is 791 g/mol. The monoisotopic (exact) mass is 821 g/mol. The van der Waals surface area contributed by atoms with Crippen LogP contribution in [-0.4, -0.2) is 15.0 Å². The minimum absolute atomic E-state index is 0.551. The van der Waals surface area contributed by atoms with E-state index in [0.29, 0.717) is 17.5 Å². The Bertz CT molecular complexity index is 4090. The van der Waals surface area contributed by atoms with Crippen molar-refractivity contribution >= 4 is 87.8 Å². The second-order valence-electron chi connectivity index (χ2n) is 16.2. The number of hydrogen-bond donors (Lipinski definition) is 0. The molecule has 5 heterocycles. The lowest BCUT2D eigenvalue weighted by molar-refractivity contribution is 0.656. The molecule has 0 bridgehead atoms. The largest absolute Gasteiger partial charge is 0.456 e. The number of fused-ring (bicyclic) bond motifs is 12. The van der Waals surface area contributed by atoms with E-state index in [2.05, 4.69) is 97.1 Å². The van der Waals surface area contributed by atoms with Gasteiger partial charge in [0.2, 0.25) is 0 Å². The van der Waals surface area contributed by atoms with Crippen molar-refractivity contribution in [2.45, 2.75) is 0 Å². The van der Waals surface area contributed by atoms with Gasteiger partial charge in [0, 0.05) is 65.8 Å². The summed E-state index contributed by atoms with van der Waals surface area (Å²) in [5.41, 5.74) is 13.3. The lowest BCUT2D eigenvalue weighted by atomic mass is 9.95. The predicted molar refractivity (Wildman–Crippen MR) is 256 cm³/mol. The van der Waals surface area contributed by atoms with Crippen LogP contribution < -0.4 is 0 Å². The Kier molecular flexibility index (Phi) is 7.27. The Hall–Kier alpha value is -8.81. The third kappa shape index (κ3) is 5.25. The number of aromatic nitrogens is 3. The zero-order valence-corrected chi connectivity index (χ0v) is 33.9. The van der Waals surface area contributed by atoms with Crippen LogP contribution in [0.4, 0.5) is 0 Å². The van der Waals surface area contributed by atoms with Gasteiger partial charge in [-0.15, -0.1) is 0 Å². The molecule has 0 saturated heterocycles. The zero-order chi connectivity index (χ0) is 41.9. The van der Waals surface area contributed by atoms with E-state index in [1.54, 1.807) is 0 Å². The van der Waals surface area contributed by atoms with Crippen molar-refractivity contribution in [2.75, 3.05) is 0 Å². The van der Waals surface area contributed by atoms with E-state index in [-0.39, 0.29) is 0 Å². The maximum atomic E-state index is 6.47. The summed E-state index contributed by atoms with van der Waals surface area (Å²) >= 11 is 0. The van der Waals surface area contributed by atoms with E-state index in [1.165, 1.54) is 0 Å². The smallest absolute Gasteiger partial charge is 0.164 e. The summed E-state index contributed by atoms with van der Waals surface area (Å²) in [6.07, 6.45) is 0. The highest BCUT2D eigenvalue weighted by atomic mass is 16.3. The van der Waals surface area contributed by atoms with Crippen molar-refractivity contribution < 1.29 is 17.7 Å². The molecule has 0 aliphatic heterocycles. The van der Waals surface area contributed by atoms with Crippen LogP contribution in [0.1, 0.15) is 0 Å². The van der Waals surface area contributed by atoms with Gasteiger partial charge in [0.25, 0.3) is 0 Å². The average molecular weight is 822 g/mol. The van der Waals surface area contributed by atoms with Gasteiger partial charge in [0.15, 0.2) is 17.5 Å². The Morgan fingerprint density at radius 2 is 0.641 bits per heavy atom. The maximum absolute atomic E-state index is 6.47. The van der Waals surface area contributed by atoms with Gasteiger partial charge >= 0.3 is 0 Å². The molecule has 0 saturated carbocycles. The van der Waals surface area contributed by atoms with Crippen LogP contribution in [0.25, 0.3) is 144 Å². The van der Waals surface area contributed by atoms with E-state index in [4.69, 9.17) is 32.6 Å². The Labute approximate surface area is 363 Å². The van der Waals surface area contributed by atoms with Crippen molar-refractivity contribution in [2.24, 2.45) is 0 Å². The molecule has 0 aliphatic carbocycles. The van der Waals surface area contributed by atoms with Crippen LogP contribution in [0.5, 0.6) is 0 Å². The van der Waals surface area contributed by atoms with Crippen molar-refractivity contribution in [3.63, 3.8) is 0 Å². The second-order valence-corrected chi connectivity index (χ2v) is 16.2. The van der Waals surface area contributed by atoms with E-state index in [1.807, 2.05) is 91.0 Å². The number of benzene rings is 9. The fourth-order valence-corrected chi connectivity index (χ4v) is 9.66. The Morgan fingerprint density at radius 3 is 1.27 bits per heavy atom. The van der Waals surface area contributed by atoms with Crippen LogP contribution in [0.3, 0.4) is 0 Å². The number of hydrogen-bond acceptors (Lipinski definition) is 7. The van der Waals surface area contributed by atoms with Gasteiger partial charge in [-0.25, -0.2) is 15.0 Å². The van der Waals surface area contributed by atoms with Crippen molar-refractivity contribution in [1.29, 1.82) is 0 Å². The van der Waals surface area contributed by atoms with Crippen molar-refractivity contribution in [1.82, 2.24) is 15.0 Å². The van der Waals surface area contributed by atoms with Crippen molar-refractivity contribution in [3.05, 3.63) is 188 Å². The highest BCUT2D eigenvalue weighted by Gasteiger charge is 2.21. The number of rotatable bonds is 5. The van der Waals surface area contributed by atoms with E-state index >= 15 is 0 Å². The average Bonchev–Trinajstić information content (AvgIpc) is 4.13. The van der Waals surface area contributed by atoms with Crippen LogP contribution in [0, 0.1) is 0 Å². The highest BCUT2D eigenvalue weighted by molar-refractivity contribution is 6.19. The van der Waals surface area contributed by atoms with Crippen LogP contribution in [0.15, 0.2) is 206 Å². The van der Waals surface area contributed by atoms with Gasteiger partial charge in [-0.3, -0.25) is 0 Å². The molecule has 7 heteroatoms. The molecule has 0 N–H and O–H groups in total. The molecule has 64 heavy (non-hydrogen) atoms. The quantitative estimate of drug-likeness (QED) is 0.171. The molecule has 0 radical (unpaired) electrons. The van der Waals surface area contributed by atoms with Gasteiger partial charge in [-0.1, -0.05) is 127 Å². The first-order valence-electron chi connectivity index (χ1n) is 21.2. The van der Waals surface area contributed by atoms with E-state index < -0.39 is 0 Å². The molecule has 0 spiro atoms. The first-order valence-corrected chi connectivity index (χ1v) is 21.2. The molecule has 298 valence electrons. The van der Waals surface area contributed by atoms with Gasteiger partial charge in [-0.05, 0) is 76.9 Å². The second kappa shape index (κ2) is 13.3. The van der Waals surface area contributed by atoms with E-state index in [0.717, 1.165) is 127 Å². The van der Waals surface area contributed by atoms with Crippen molar-refractivity contribution in [3.8, 4) is 56.4 Å². The molecule has 0 aliphatic rings. The third-order valence-electron chi connectivity index (χ3n) is 12.5. The normalized spacial score (nSPS) is 12.1. The summed E-state index contributed by atoms with van der Waals surface area (Å²) in [7, 11) is 0. The van der Waals surface area contributed by atoms with Gasteiger partial charge in [0.05, 0.1) is 0 Å². The lowest BCUT2D eigenvalue weighted by Crippen LogP contribution is -2.01. The fourth-order valence-electron chi connectivity index (χ4n) is 9.66. The molecule has 0 atom stereocenters. The molecule has 7 nitrogen and oxygen atoms in total.